The number of hydrogen-bond acceptors (Lipinski definition) is 6. The molecule has 6 rings (SSSR count). The van der Waals surface area contributed by atoms with Crippen LogP contribution in [-0.4, -0.2) is 41.4 Å². The van der Waals surface area contributed by atoms with Crippen molar-refractivity contribution in [2.24, 2.45) is 0 Å². The van der Waals surface area contributed by atoms with Crippen molar-refractivity contribution < 1.29 is 0 Å². The molecule has 31 heavy (non-hydrogen) atoms. The van der Waals surface area contributed by atoms with Crippen molar-refractivity contribution in [1.82, 2.24) is 34.7 Å². The van der Waals surface area contributed by atoms with Crippen LogP contribution in [0.2, 0.25) is 0 Å². The van der Waals surface area contributed by atoms with Crippen LogP contribution in [0.1, 0.15) is 49.4 Å². The third-order valence-corrected chi connectivity index (χ3v) is 6.92. The van der Waals surface area contributed by atoms with Crippen molar-refractivity contribution in [1.29, 1.82) is 0 Å². The van der Waals surface area contributed by atoms with Crippen molar-refractivity contribution in [2.75, 3.05) is 6.54 Å². The van der Waals surface area contributed by atoms with Crippen LogP contribution >= 0.6 is 0 Å². The van der Waals surface area contributed by atoms with E-state index in [0.29, 0.717) is 10.9 Å². The summed E-state index contributed by atoms with van der Waals surface area (Å²) < 4.78 is 3.48. The summed E-state index contributed by atoms with van der Waals surface area (Å²) in [5, 5.41) is 13.5. The molecule has 1 aliphatic heterocycles. The van der Waals surface area contributed by atoms with Gasteiger partial charge in [0.2, 0.25) is 0 Å². The van der Waals surface area contributed by atoms with E-state index in [1.54, 1.807) is 15.4 Å². The quantitative estimate of drug-likeness (QED) is 0.541. The van der Waals surface area contributed by atoms with Crippen molar-refractivity contribution in [2.45, 2.75) is 57.5 Å². The molecule has 1 saturated carbocycles. The fourth-order valence-electron chi connectivity index (χ4n) is 5.14. The highest BCUT2D eigenvalue weighted by Gasteiger charge is 2.41. The number of rotatable bonds is 2. The fraction of sp³-hybridized carbons (Fsp3) is 0.435. The molecule has 2 fully saturated rings. The van der Waals surface area contributed by atoms with Crippen LogP contribution in [0, 0.1) is 13.8 Å². The molecule has 4 aromatic heterocycles. The van der Waals surface area contributed by atoms with Crippen LogP contribution in [0.15, 0.2) is 35.4 Å². The molecule has 1 saturated heterocycles. The van der Waals surface area contributed by atoms with Crippen LogP contribution in [0.25, 0.3) is 27.9 Å². The number of aryl methyl sites for hydroxylation is 2. The van der Waals surface area contributed by atoms with Crippen LogP contribution in [-0.2, 0) is 0 Å². The third kappa shape index (κ3) is 2.96. The van der Waals surface area contributed by atoms with Crippen LogP contribution in [0.5, 0.6) is 0 Å². The number of fused-ring (bicyclic) bond motifs is 2. The zero-order chi connectivity index (χ0) is 21.2. The van der Waals surface area contributed by atoms with E-state index in [4.69, 9.17) is 4.98 Å². The maximum Gasteiger partial charge on any atom is 0.276 e. The smallest absolute Gasteiger partial charge is 0.276 e. The fourth-order valence-corrected chi connectivity index (χ4v) is 5.14. The molecule has 1 atom stereocenters. The maximum absolute atomic E-state index is 13.2. The molecule has 8 nitrogen and oxygen atoms in total. The number of piperidine rings is 1. The molecular weight excluding hydrogens is 390 g/mol. The molecule has 0 amide bonds. The zero-order valence-electron chi connectivity index (χ0n) is 17.8. The highest BCUT2D eigenvalue weighted by Crippen LogP contribution is 2.41. The van der Waals surface area contributed by atoms with Gasteiger partial charge in [0.1, 0.15) is 5.69 Å². The minimum atomic E-state index is -0.0530. The van der Waals surface area contributed by atoms with Gasteiger partial charge in [0.15, 0.2) is 5.65 Å². The van der Waals surface area contributed by atoms with Gasteiger partial charge in [-0.05, 0) is 76.3 Å². The highest BCUT2D eigenvalue weighted by molar-refractivity contribution is 5.79. The lowest BCUT2D eigenvalue weighted by Crippen LogP contribution is -2.56. The van der Waals surface area contributed by atoms with Crippen LogP contribution in [0.3, 0.4) is 0 Å². The third-order valence-electron chi connectivity index (χ3n) is 6.92. The molecule has 1 spiro atoms. The summed E-state index contributed by atoms with van der Waals surface area (Å²) in [5.74, 6) is 0. The molecule has 1 N–H and O–H groups in total. The van der Waals surface area contributed by atoms with Gasteiger partial charge in [-0.3, -0.25) is 4.79 Å². The second kappa shape index (κ2) is 6.68. The van der Waals surface area contributed by atoms with E-state index in [9.17, 15) is 4.79 Å². The standard InChI is InChI=1S/C23H25N7O/c1-14-10-19(28-29-13-15(2)26-21(14)29)18-5-4-17-20(27-18)12-25-30(22(17)31)16-6-9-24-23(11-16)7-3-8-23/h4-5,10,12-13,16,24H,3,6-9,11H2,1-2H3. The van der Waals surface area contributed by atoms with E-state index in [-0.39, 0.29) is 17.1 Å². The lowest BCUT2D eigenvalue weighted by atomic mass is 9.70. The summed E-state index contributed by atoms with van der Waals surface area (Å²) in [7, 11) is 0. The van der Waals surface area contributed by atoms with E-state index in [0.717, 1.165) is 47.7 Å². The Labute approximate surface area is 179 Å². The van der Waals surface area contributed by atoms with E-state index in [1.807, 2.05) is 38.2 Å². The van der Waals surface area contributed by atoms with Crippen molar-refractivity contribution in [3.05, 3.63) is 52.2 Å². The summed E-state index contributed by atoms with van der Waals surface area (Å²) in [6.07, 6.45) is 9.20. The molecule has 5 heterocycles. The minimum absolute atomic E-state index is 0.0530. The second-order valence-corrected chi connectivity index (χ2v) is 9.09. The Morgan fingerprint density at radius 1 is 1.16 bits per heavy atom. The van der Waals surface area contributed by atoms with Crippen LogP contribution in [0.4, 0.5) is 0 Å². The summed E-state index contributed by atoms with van der Waals surface area (Å²) in [5.41, 5.74) is 5.04. The first kappa shape index (κ1) is 18.6. The first-order valence-electron chi connectivity index (χ1n) is 11.0. The van der Waals surface area contributed by atoms with Crippen molar-refractivity contribution in [3.63, 3.8) is 0 Å². The molecular formula is C23H25N7O. The summed E-state index contributed by atoms with van der Waals surface area (Å²) in [6, 6.07) is 5.87. The number of pyridine rings is 1. The van der Waals surface area contributed by atoms with Gasteiger partial charge in [-0.15, -0.1) is 0 Å². The lowest BCUT2D eigenvalue weighted by Gasteiger charge is -2.48. The lowest BCUT2D eigenvalue weighted by molar-refractivity contribution is 0.104. The molecule has 2 aliphatic rings. The first-order chi connectivity index (χ1) is 15.0. The van der Waals surface area contributed by atoms with Gasteiger partial charge in [-0.2, -0.15) is 10.2 Å². The first-order valence-corrected chi connectivity index (χ1v) is 11.0. The van der Waals surface area contributed by atoms with Crippen molar-refractivity contribution >= 4 is 16.6 Å². The molecule has 1 unspecified atom stereocenters. The Hall–Kier alpha value is -3.13. The number of aromatic nitrogens is 6. The van der Waals surface area contributed by atoms with Gasteiger partial charge in [0, 0.05) is 5.54 Å². The van der Waals surface area contributed by atoms with Gasteiger partial charge < -0.3 is 5.32 Å². The second-order valence-electron chi connectivity index (χ2n) is 9.09. The predicted octanol–water partition coefficient (Wildman–Crippen LogP) is 2.97. The normalized spacial score (nSPS) is 20.4. The molecule has 8 heteroatoms. The van der Waals surface area contributed by atoms with E-state index < -0.39 is 0 Å². The van der Waals surface area contributed by atoms with E-state index in [2.05, 4.69) is 20.5 Å². The molecule has 1 aliphatic carbocycles. The predicted molar refractivity (Wildman–Crippen MR) is 118 cm³/mol. The number of nitrogens with one attached hydrogen (secondary N) is 1. The van der Waals surface area contributed by atoms with Gasteiger partial charge in [0.25, 0.3) is 5.56 Å². The zero-order valence-corrected chi connectivity index (χ0v) is 17.8. The largest absolute Gasteiger partial charge is 0.311 e. The van der Waals surface area contributed by atoms with Gasteiger partial charge >= 0.3 is 0 Å². The minimum Gasteiger partial charge on any atom is -0.311 e. The Morgan fingerprint density at radius 2 is 2.03 bits per heavy atom. The van der Waals surface area contributed by atoms with Crippen LogP contribution < -0.4 is 10.9 Å². The average molecular weight is 416 g/mol. The number of imidazole rings is 1. The van der Waals surface area contributed by atoms with Gasteiger partial charge in [0.05, 0.1) is 40.7 Å². The molecule has 0 aromatic carbocycles. The summed E-state index contributed by atoms with van der Waals surface area (Å²) in [4.78, 5) is 22.5. The number of hydrogen-bond donors (Lipinski definition) is 1. The monoisotopic (exact) mass is 415 g/mol. The Bertz CT molecular complexity index is 1380. The molecule has 4 aromatic rings. The van der Waals surface area contributed by atoms with Crippen molar-refractivity contribution in [3.8, 4) is 11.4 Å². The molecule has 0 radical (unpaired) electrons. The van der Waals surface area contributed by atoms with Gasteiger partial charge in [-0.25, -0.2) is 19.2 Å². The highest BCUT2D eigenvalue weighted by atomic mass is 16.1. The Balaban J connectivity index is 1.39. The van der Waals surface area contributed by atoms with E-state index in [1.165, 1.54) is 19.3 Å². The molecule has 158 valence electrons. The van der Waals surface area contributed by atoms with Gasteiger partial charge in [-0.1, -0.05) is 0 Å². The molecule has 0 bridgehead atoms. The summed E-state index contributed by atoms with van der Waals surface area (Å²) >= 11 is 0. The van der Waals surface area contributed by atoms with E-state index >= 15 is 0 Å². The SMILES string of the molecule is Cc1cn2nc(-c3ccc4c(=O)n(C5CCNC6(CCC6)C5)ncc4n3)cc(C)c2n1. The Kier molecular flexibility index (Phi) is 4.02. The number of nitrogens with zero attached hydrogens (tertiary/aromatic N) is 6. The average Bonchev–Trinajstić information content (AvgIpc) is 3.13. The Morgan fingerprint density at radius 3 is 2.84 bits per heavy atom. The maximum atomic E-state index is 13.2. The summed E-state index contributed by atoms with van der Waals surface area (Å²) in [6.45, 7) is 4.91. The topological polar surface area (TPSA) is 90.0 Å².